The minimum Gasteiger partial charge on any atom is -0.447 e. The molecule has 1 aromatic rings. The van der Waals surface area contributed by atoms with E-state index in [1.807, 2.05) is 18.2 Å². The maximum absolute atomic E-state index is 9.85. The summed E-state index contributed by atoms with van der Waals surface area (Å²) in [6.07, 6.45) is 0. The molecular formula is C16H12N4O2. The van der Waals surface area contributed by atoms with Crippen LogP contribution < -0.4 is 0 Å². The van der Waals surface area contributed by atoms with Crippen molar-refractivity contribution in [2.24, 2.45) is 10.8 Å². The van der Waals surface area contributed by atoms with Gasteiger partial charge in [0.2, 0.25) is 11.7 Å². The summed E-state index contributed by atoms with van der Waals surface area (Å²) in [5.74, 6) is -2.36. The second-order valence-corrected chi connectivity index (χ2v) is 5.63. The smallest absolute Gasteiger partial charge is 0.218 e. The molecule has 2 aliphatic rings. The lowest BCUT2D eigenvalue weighted by molar-refractivity contribution is -0.213. The van der Waals surface area contributed by atoms with E-state index in [2.05, 4.69) is 6.07 Å². The number of hydrogen-bond acceptors (Lipinski definition) is 6. The summed E-state index contributed by atoms with van der Waals surface area (Å²) >= 11 is 0. The molecule has 3 atom stereocenters. The van der Waals surface area contributed by atoms with Gasteiger partial charge in [0.25, 0.3) is 0 Å². The van der Waals surface area contributed by atoms with E-state index in [1.54, 1.807) is 31.2 Å². The molecule has 2 fully saturated rings. The average Bonchev–Trinajstić information content (AvgIpc) is 2.72. The molecule has 108 valence electrons. The lowest BCUT2D eigenvalue weighted by atomic mass is 9.55. The molecule has 22 heavy (non-hydrogen) atoms. The number of rotatable bonds is 1. The van der Waals surface area contributed by atoms with E-state index in [0.717, 1.165) is 0 Å². The van der Waals surface area contributed by atoms with Crippen molar-refractivity contribution >= 4 is 5.90 Å². The van der Waals surface area contributed by atoms with Gasteiger partial charge in [-0.3, -0.25) is 5.41 Å². The van der Waals surface area contributed by atoms with Gasteiger partial charge in [-0.05, 0) is 5.56 Å². The summed E-state index contributed by atoms with van der Waals surface area (Å²) in [6.45, 7) is 1.37. The van der Waals surface area contributed by atoms with Crippen molar-refractivity contribution < 1.29 is 9.47 Å². The highest BCUT2D eigenvalue weighted by Crippen LogP contribution is 2.63. The number of nitrogens with one attached hydrogen (secondary N) is 1. The van der Waals surface area contributed by atoms with Crippen molar-refractivity contribution in [1.29, 1.82) is 21.2 Å². The third-order valence-electron chi connectivity index (χ3n) is 4.56. The van der Waals surface area contributed by atoms with Gasteiger partial charge in [0, 0.05) is 6.92 Å². The van der Waals surface area contributed by atoms with Gasteiger partial charge in [-0.25, -0.2) is 0 Å². The Kier molecular flexibility index (Phi) is 2.75. The Hall–Kier alpha value is -2.88. The molecule has 0 aromatic heterocycles. The van der Waals surface area contributed by atoms with E-state index in [1.165, 1.54) is 0 Å². The monoisotopic (exact) mass is 292 g/mol. The van der Waals surface area contributed by atoms with Gasteiger partial charge < -0.3 is 9.47 Å². The summed E-state index contributed by atoms with van der Waals surface area (Å²) in [5.41, 5.74) is -2.77. The number of hydrogen-bond donors (Lipinski definition) is 1. The van der Waals surface area contributed by atoms with Crippen molar-refractivity contribution in [2.75, 3.05) is 6.61 Å². The lowest BCUT2D eigenvalue weighted by Crippen LogP contribution is -2.56. The normalized spacial score (nSPS) is 34.8. The number of fused-ring (bicyclic) bond motifs is 2. The predicted octanol–water partition coefficient (Wildman–Crippen LogP) is 2.07. The summed E-state index contributed by atoms with van der Waals surface area (Å²) in [7, 11) is 0. The molecule has 6 heteroatoms. The molecule has 0 saturated carbocycles. The van der Waals surface area contributed by atoms with Crippen LogP contribution in [0.2, 0.25) is 0 Å². The molecule has 3 rings (SSSR count). The molecule has 1 N–H and O–H groups in total. The topological polar surface area (TPSA) is 114 Å². The van der Waals surface area contributed by atoms with Crippen molar-refractivity contribution in [3.8, 4) is 18.2 Å². The second kappa shape index (κ2) is 4.31. The van der Waals surface area contributed by atoms with Gasteiger partial charge in [0.1, 0.15) is 0 Å². The Morgan fingerprint density at radius 2 is 1.77 bits per heavy atom. The number of ether oxygens (including phenoxy) is 2. The van der Waals surface area contributed by atoms with Crippen molar-refractivity contribution in [3.05, 3.63) is 35.9 Å². The zero-order valence-corrected chi connectivity index (χ0v) is 11.8. The largest absolute Gasteiger partial charge is 0.447 e. The van der Waals surface area contributed by atoms with E-state index in [0.29, 0.717) is 5.56 Å². The van der Waals surface area contributed by atoms with Gasteiger partial charge >= 0.3 is 0 Å². The van der Waals surface area contributed by atoms with Crippen LogP contribution in [0.3, 0.4) is 0 Å². The molecule has 0 aliphatic carbocycles. The summed E-state index contributed by atoms with van der Waals surface area (Å²) in [6, 6.07) is 14.8. The highest BCUT2D eigenvalue weighted by atomic mass is 16.7. The standard InChI is InChI=1S/C16H12N4O2/c1-14-12(11-5-3-2-4-6-11)16(9-19,13(20)22-14)15(7-17,8-18)10-21-14/h2-6,12,20H,10H2,1H3/t12-,14+,16-/m0/s1. The Labute approximate surface area is 127 Å². The van der Waals surface area contributed by atoms with Crippen LogP contribution in [0.1, 0.15) is 18.4 Å². The summed E-state index contributed by atoms with van der Waals surface area (Å²) < 4.78 is 11.2. The number of nitriles is 3. The van der Waals surface area contributed by atoms with E-state index in [-0.39, 0.29) is 12.5 Å². The van der Waals surface area contributed by atoms with Gasteiger partial charge in [-0.2, -0.15) is 15.8 Å². The van der Waals surface area contributed by atoms with Crippen LogP contribution >= 0.6 is 0 Å². The predicted molar refractivity (Wildman–Crippen MR) is 74.1 cm³/mol. The average molecular weight is 292 g/mol. The lowest BCUT2D eigenvalue weighted by Gasteiger charge is -2.44. The molecule has 0 amide bonds. The number of benzene rings is 1. The Morgan fingerprint density at radius 1 is 1.14 bits per heavy atom. The first-order valence-corrected chi connectivity index (χ1v) is 6.70. The van der Waals surface area contributed by atoms with E-state index >= 15 is 0 Å². The number of nitrogens with zero attached hydrogens (tertiary/aromatic N) is 3. The minimum absolute atomic E-state index is 0.268. The molecular weight excluding hydrogens is 280 g/mol. The highest BCUT2D eigenvalue weighted by Gasteiger charge is 2.76. The van der Waals surface area contributed by atoms with Gasteiger partial charge in [0.15, 0.2) is 10.8 Å². The van der Waals surface area contributed by atoms with E-state index < -0.39 is 22.5 Å². The molecule has 0 radical (unpaired) electrons. The first-order valence-electron chi connectivity index (χ1n) is 6.70. The van der Waals surface area contributed by atoms with Crippen molar-refractivity contribution in [1.82, 2.24) is 0 Å². The van der Waals surface area contributed by atoms with Crippen LogP contribution in [0.5, 0.6) is 0 Å². The fraction of sp³-hybridized carbons (Fsp3) is 0.375. The maximum atomic E-state index is 9.85. The van der Waals surface area contributed by atoms with Crippen LogP contribution in [0.25, 0.3) is 0 Å². The van der Waals surface area contributed by atoms with Gasteiger partial charge in [-0.1, -0.05) is 30.3 Å². The third-order valence-corrected chi connectivity index (χ3v) is 4.56. The summed E-state index contributed by atoms with van der Waals surface area (Å²) in [4.78, 5) is 0. The van der Waals surface area contributed by atoms with Crippen LogP contribution in [0.15, 0.2) is 30.3 Å². The molecule has 2 heterocycles. The maximum Gasteiger partial charge on any atom is 0.218 e. The highest BCUT2D eigenvalue weighted by molar-refractivity contribution is 5.90. The van der Waals surface area contributed by atoms with Gasteiger partial charge in [-0.15, -0.1) is 0 Å². The first-order chi connectivity index (χ1) is 10.5. The van der Waals surface area contributed by atoms with Crippen LogP contribution in [-0.4, -0.2) is 18.3 Å². The van der Waals surface area contributed by atoms with Crippen LogP contribution in [-0.2, 0) is 9.47 Å². The SMILES string of the molecule is C[C@@]12OCC(C#N)(C#N)[C@](C#N)(C(=N)O1)[C@H]2c1ccccc1. The molecule has 1 aromatic carbocycles. The fourth-order valence-corrected chi connectivity index (χ4v) is 3.46. The molecule has 2 aliphatic heterocycles. The minimum atomic E-state index is -1.78. The van der Waals surface area contributed by atoms with E-state index in [4.69, 9.17) is 14.9 Å². The first kappa shape index (κ1) is 14.1. The Morgan fingerprint density at radius 3 is 2.32 bits per heavy atom. The zero-order valence-electron chi connectivity index (χ0n) is 11.8. The van der Waals surface area contributed by atoms with Crippen molar-refractivity contribution in [3.63, 3.8) is 0 Å². The summed E-state index contributed by atoms with van der Waals surface area (Å²) in [5, 5.41) is 37.2. The van der Waals surface area contributed by atoms with Crippen LogP contribution in [0.4, 0.5) is 0 Å². The van der Waals surface area contributed by atoms with E-state index in [9.17, 15) is 15.8 Å². The Bertz CT molecular complexity index is 756. The van der Waals surface area contributed by atoms with Gasteiger partial charge in [0.05, 0.1) is 30.7 Å². The quantitative estimate of drug-likeness (QED) is 0.851. The zero-order chi connectivity index (χ0) is 16.0. The molecule has 2 bridgehead atoms. The second-order valence-electron chi connectivity index (χ2n) is 5.63. The van der Waals surface area contributed by atoms with Crippen molar-refractivity contribution in [2.45, 2.75) is 18.6 Å². The molecule has 0 unspecified atom stereocenters. The fourth-order valence-electron chi connectivity index (χ4n) is 3.46. The Balaban J connectivity index is 2.34. The molecule has 2 saturated heterocycles. The molecule has 0 spiro atoms. The molecule has 6 nitrogen and oxygen atoms in total. The third kappa shape index (κ3) is 1.36. The van der Waals surface area contributed by atoms with Crippen LogP contribution in [0, 0.1) is 50.2 Å².